The van der Waals surface area contributed by atoms with Crippen LogP contribution in [0, 0.1) is 6.92 Å². The Morgan fingerprint density at radius 1 is 1.63 bits per heavy atom. The second-order valence-electron chi connectivity index (χ2n) is 4.89. The van der Waals surface area contributed by atoms with Gasteiger partial charge in [-0.15, -0.1) is 11.3 Å². The third-order valence-corrected chi connectivity index (χ3v) is 4.41. The molecule has 1 saturated heterocycles. The quantitative estimate of drug-likeness (QED) is 0.881. The lowest BCUT2D eigenvalue weighted by molar-refractivity contribution is 0.108. The molecule has 0 spiro atoms. The van der Waals surface area contributed by atoms with Crippen molar-refractivity contribution in [3.8, 4) is 0 Å². The number of nitrogens with one attached hydrogen (secondary N) is 1. The number of rotatable bonds is 4. The molecule has 1 atom stereocenters. The largest absolute Gasteiger partial charge is 0.394 e. The number of hydrogen-bond donors (Lipinski definition) is 2. The van der Waals surface area contributed by atoms with E-state index in [-0.39, 0.29) is 18.7 Å². The molecule has 1 aliphatic heterocycles. The van der Waals surface area contributed by atoms with Gasteiger partial charge in [0.2, 0.25) is 0 Å². The first-order valence-electron chi connectivity index (χ1n) is 6.77. The summed E-state index contributed by atoms with van der Waals surface area (Å²) in [7, 11) is 0. The highest BCUT2D eigenvalue weighted by molar-refractivity contribution is 7.09. The number of thiazole rings is 1. The minimum atomic E-state index is -0.0629. The molecule has 2 rings (SSSR count). The molecule has 5 nitrogen and oxygen atoms in total. The van der Waals surface area contributed by atoms with Gasteiger partial charge in [-0.25, -0.2) is 9.78 Å². The van der Waals surface area contributed by atoms with Crippen molar-refractivity contribution in [2.45, 2.75) is 38.6 Å². The summed E-state index contributed by atoms with van der Waals surface area (Å²) in [4.78, 5) is 18.2. The molecule has 106 valence electrons. The van der Waals surface area contributed by atoms with Crippen LogP contribution in [0.5, 0.6) is 0 Å². The minimum Gasteiger partial charge on any atom is -0.394 e. The van der Waals surface area contributed by atoms with Gasteiger partial charge in [0.05, 0.1) is 17.7 Å². The predicted molar refractivity (Wildman–Crippen MR) is 75.4 cm³/mol. The van der Waals surface area contributed by atoms with Crippen LogP contribution in [-0.4, -0.2) is 46.8 Å². The number of nitrogens with zero attached hydrogens (tertiary/aromatic N) is 2. The zero-order valence-corrected chi connectivity index (χ0v) is 12.1. The van der Waals surface area contributed by atoms with Crippen LogP contribution in [0.3, 0.4) is 0 Å². The van der Waals surface area contributed by atoms with E-state index in [2.05, 4.69) is 10.3 Å². The summed E-state index contributed by atoms with van der Waals surface area (Å²) in [5, 5.41) is 15.3. The van der Waals surface area contributed by atoms with Crippen LogP contribution in [0.4, 0.5) is 4.79 Å². The van der Waals surface area contributed by atoms with Crippen LogP contribution in [-0.2, 0) is 6.42 Å². The SMILES string of the molecule is Cc1csc(CCNC(=O)N2CCCCC2CO)n1. The Kier molecular flexibility index (Phi) is 5.15. The number of aliphatic hydroxyl groups is 1. The number of amides is 2. The van der Waals surface area contributed by atoms with E-state index in [1.807, 2.05) is 12.3 Å². The molecular weight excluding hydrogens is 262 g/mol. The predicted octanol–water partition coefficient (Wildman–Crippen LogP) is 1.55. The summed E-state index contributed by atoms with van der Waals surface area (Å²) >= 11 is 1.63. The van der Waals surface area contributed by atoms with E-state index >= 15 is 0 Å². The highest BCUT2D eigenvalue weighted by Gasteiger charge is 2.25. The second-order valence-corrected chi connectivity index (χ2v) is 5.83. The molecular formula is C13H21N3O2S. The topological polar surface area (TPSA) is 65.5 Å². The van der Waals surface area contributed by atoms with Crippen LogP contribution in [0.1, 0.15) is 30.0 Å². The first-order chi connectivity index (χ1) is 9.20. The molecule has 0 saturated carbocycles. The van der Waals surface area contributed by atoms with Crippen molar-refractivity contribution in [2.75, 3.05) is 19.7 Å². The Balaban J connectivity index is 1.77. The Morgan fingerprint density at radius 2 is 2.47 bits per heavy atom. The average Bonchev–Trinajstić information content (AvgIpc) is 2.84. The van der Waals surface area contributed by atoms with E-state index in [0.717, 1.165) is 42.9 Å². The third-order valence-electron chi connectivity index (χ3n) is 3.38. The fourth-order valence-electron chi connectivity index (χ4n) is 2.35. The maximum absolute atomic E-state index is 12.0. The molecule has 0 bridgehead atoms. The van der Waals surface area contributed by atoms with E-state index in [4.69, 9.17) is 0 Å². The van der Waals surface area contributed by atoms with Crippen LogP contribution in [0.2, 0.25) is 0 Å². The number of piperidine rings is 1. The van der Waals surface area contributed by atoms with Crippen LogP contribution >= 0.6 is 11.3 Å². The number of carbonyl (C=O) groups excluding carboxylic acids is 1. The van der Waals surface area contributed by atoms with Gasteiger partial charge >= 0.3 is 6.03 Å². The summed E-state index contributed by atoms with van der Waals surface area (Å²) in [6, 6.07) is -0.0807. The highest BCUT2D eigenvalue weighted by atomic mass is 32.1. The number of aliphatic hydroxyl groups excluding tert-OH is 1. The van der Waals surface area contributed by atoms with Gasteiger partial charge in [0.15, 0.2) is 0 Å². The van der Waals surface area contributed by atoms with E-state index in [1.165, 1.54) is 0 Å². The fraction of sp³-hybridized carbons (Fsp3) is 0.692. The van der Waals surface area contributed by atoms with Gasteiger partial charge in [0.25, 0.3) is 0 Å². The lowest BCUT2D eigenvalue weighted by Gasteiger charge is -2.34. The van der Waals surface area contributed by atoms with Crippen LogP contribution in [0.15, 0.2) is 5.38 Å². The lowest BCUT2D eigenvalue weighted by Crippen LogP contribution is -2.50. The molecule has 6 heteroatoms. The standard InChI is InChI=1S/C13H21N3O2S/c1-10-9-19-12(15-10)5-6-14-13(18)16-7-3-2-4-11(16)8-17/h9,11,17H,2-8H2,1H3,(H,14,18). The number of carbonyl (C=O) groups is 1. The summed E-state index contributed by atoms with van der Waals surface area (Å²) < 4.78 is 0. The number of likely N-dealkylation sites (tertiary alicyclic amines) is 1. The summed E-state index contributed by atoms with van der Waals surface area (Å²) in [6.07, 6.45) is 3.78. The molecule has 19 heavy (non-hydrogen) atoms. The average molecular weight is 283 g/mol. The van der Waals surface area contributed by atoms with Gasteiger partial charge in [-0.2, -0.15) is 0 Å². The zero-order chi connectivity index (χ0) is 13.7. The van der Waals surface area contributed by atoms with Crippen molar-refractivity contribution in [1.29, 1.82) is 0 Å². The maximum Gasteiger partial charge on any atom is 0.317 e. The molecule has 2 N–H and O–H groups in total. The van der Waals surface area contributed by atoms with E-state index < -0.39 is 0 Å². The number of aryl methyl sites for hydroxylation is 1. The van der Waals surface area contributed by atoms with Gasteiger partial charge in [-0.05, 0) is 26.2 Å². The van der Waals surface area contributed by atoms with Gasteiger partial charge in [-0.1, -0.05) is 0 Å². The van der Waals surface area contributed by atoms with Gasteiger partial charge in [0, 0.05) is 30.6 Å². The maximum atomic E-state index is 12.0. The molecule has 2 amide bonds. The van der Waals surface area contributed by atoms with E-state index in [0.29, 0.717) is 6.54 Å². The van der Waals surface area contributed by atoms with Crippen molar-refractivity contribution < 1.29 is 9.90 Å². The van der Waals surface area contributed by atoms with Gasteiger partial charge in [-0.3, -0.25) is 0 Å². The number of aromatic nitrogens is 1. The Hall–Kier alpha value is -1.14. The van der Waals surface area contributed by atoms with Crippen molar-refractivity contribution in [1.82, 2.24) is 15.2 Å². The smallest absolute Gasteiger partial charge is 0.317 e. The molecule has 1 aromatic heterocycles. The number of urea groups is 1. The molecule has 1 fully saturated rings. The van der Waals surface area contributed by atoms with Crippen LogP contribution in [0.25, 0.3) is 0 Å². The van der Waals surface area contributed by atoms with Crippen molar-refractivity contribution in [3.63, 3.8) is 0 Å². The monoisotopic (exact) mass is 283 g/mol. The summed E-state index contributed by atoms with van der Waals surface area (Å²) in [6.45, 7) is 3.37. The van der Waals surface area contributed by atoms with Crippen molar-refractivity contribution in [2.24, 2.45) is 0 Å². The molecule has 1 aliphatic rings. The molecule has 0 aliphatic carbocycles. The van der Waals surface area contributed by atoms with Gasteiger partial charge in [0.1, 0.15) is 0 Å². The normalized spacial score (nSPS) is 19.5. The van der Waals surface area contributed by atoms with Crippen molar-refractivity contribution in [3.05, 3.63) is 16.1 Å². The first kappa shape index (κ1) is 14.3. The molecule has 1 unspecified atom stereocenters. The van der Waals surface area contributed by atoms with Gasteiger partial charge < -0.3 is 15.3 Å². The van der Waals surface area contributed by atoms with E-state index in [1.54, 1.807) is 16.2 Å². The highest BCUT2D eigenvalue weighted by Crippen LogP contribution is 2.16. The number of hydrogen-bond acceptors (Lipinski definition) is 4. The summed E-state index contributed by atoms with van der Waals surface area (Å²) in [5.41, 5.74) is 1.03. The van der Waals surface area contributed by atoms with E-state index in [9.17, 15) is 9.90 Å². The zero-order valence-electron chi connectivity index (χ0n) is 11.3. The van der Waals surface area contributed by atoms with Crippen molar-refractivity contribution >= 4 is 17.4 Å². The summed E-state index contributed by atoms with van der Waals surface area (Å²) in [5.74, 6) is 0. The Bertz CT molecular complexity index is 422. The molecule has 2 heterocycles. The molecule has 0 aromatic carbocycles. The first-order valence-corrected chi connectivity index (χ1v) is 7.65. The molecule has 1 aromatic rings. The molecule has 0 radical (unpaired) electrons. The Labute approximate surface area is 117 Å². The second kappa shape index (κ2) is 6.86. The van der Waals surface area contributed by atoms with Crippen LogP contribution < -0.4 is 5.32 Å². The minimum absolute atomic E-state index is 0.0177. The third kappa shape index (κ3) is 3.91. The fourth-order valence-corrected chi connectivity index (χ4v) is 3.13. The lowest BCUT2D eigenvalue weighted by atomic mass is 10.0. The Morgan fingerprint density at radius 3 is 3.16 bits per heavy atom.